The fourth-order valence-corrected chi connectivity index (χ4v) is 2.28. The van der Waals surface area contributed by atoms with Gasteiger partial charge in [-0.3, -0.25) is 0 Å². The quantitative estimate of drug-likeness (QED) is 0.794. The van der Waals surface area contributed by atoms with Crippen LogP contribution in [0.15, 0.2) is 12.4 Å². The van der Waals surface area contributed by atoms with Crippen molar-refractivity contribution < 1.29 is 9.53 Å². The number of hydrogen-bond donors (Lipinski definition) is 0. The predicted molar refractivity (Wildman–Crippen MR) is 81.4 cm³/mol. The minimum Gasteiger partial charge on any atom is -0.444 e. The Kier molecular flexibility index (Phi) is 4.34. The Balaban J connectivity index is 1.99. The zero-order valence-corrected chi connectivity index (χ0v) is 13.5. The van der Waals surface area contributed by atoms with Gasteiger partial charge in [0.05, 0.1) is 0 Å². The maximum atomic E-state index is 12.1. The molecule has 1 saturated heterocycles. The van der Waals surface area contributed by atoms with E-state index in [-0.39, 0.29) is 12.1 Å². The van der Waals surface area contributed by atoms with Crippen LogP contribution in [0.25, 0.3) is 0 Å². The molecule has 1 unspecified atom stereocenters. The largest absolute Gasteiger partial charge is 0.444 e. The van der Waals surface area contributed by atoms with Gasteiger partial charge in [0.15, 0.2) is 0 Å². The van der Waals surface area contributed by atoms with Crippen LogP contribution in [0, 0.1) is 6.92 Å². The molecule has 21 heavy (non-hydrogen) atoms. The third kappa shape index (κ3) is 4.06. The molecule has 2 rings (SSSR count). The summed E-state index contributed by atoms with van der Waals surface area (Å²) in [6.45, 7) is 11.6. The molecule has 0 saturated carbocycles. The molecule has 2 heterocycles. The highest BCUT2D eigenvalue weighted by Crippen LogP contribution is 2.18. The molecule has 1 aromatic heterocycles. The number of carbonyl (C=O) groups is 1. The second-order valence-corrected chi connectivity index (χ2v) is 6.53. The number of nitrogens with zero attached hydrogens (tertiary/aromatic N) is 4. The predicted octanol–water partition coefficient (Wildman–Crippen LogP) is 2.23. The van der Waals surface area contributed by atoms with E-state index in [1.807, 2.05) is 40.1 Å². The lowest BCUT2D eigenvalue weighted by atomic mass is 10.2. The number of ether oxygens (including phenoxy) is 1. The van der Waals surface area contributed by atoms with Gasteiger partial charge < -0.3 is 14.5 Å². The van der Waals surface area contributed by atoms with Crippen molar-refractivity contribution in [1.82, 2.24) is 14.9 Å². The third-order valence-corrected chi connectivity index (χ3v) is 3.30. The lowest BCUT2D eigenvalue weighted by molar-refractivity contribution is 0.0218. The van der Waals surface area contributed by atoms with Crippen molar-refractivity contribution in [1.29, 1.82) is 0 Å². The molecular weight excluding hydrogens is 268 g/mol. The van der Waals surface area contributed by atoms with E-state index in [0.29, 0.717) is 19.6 Å². The van der Waals surface area contributed by atoms with Crippen LogP contribution in [-0.2, 0) is 4.74 Å². The number of piperazine rings is 1. The maximum absolute atomic E-state index is 12.1. The molecule has 1 atom stereocenters. The lowest BCUT2D eigenvalue weighted by Crippen LogP contribution is -2.55. The molecule has 0 radical (unpaired) electrons. The van der Waals surface area contributed by atoms with Crippen molar-refractivity contribution in [2.75, 3.05) is 24.5 Å². The van der Waals surface area contributed by atoms with Crippen molar-refractivity contribution in [2.24, 2.45) is 0 Å². The highest BCUT2D eigenvalue weighted by atomic mass is 16.6. The van der Waals surface area contributed by atoms with Gasteiger partial charge in [-0.15, -0.1) is 0 Å². The molecule has 1 aromatic rings. The number of rotatable bonds is 1. The summed E-state index contributed by atoms with van der Waals surface area (Å²) in [4.78, 5) is 24.7. The molecule has 6 nitrogen and oxygen atoms in total. The second kappa shape index (κ2) is 5.87. The van der Waals surface area contributed by atoms with Gasteiger partial charge in [0.25, 0.3) is 0 Å². The third-order valence-electron chi connectivity index (χ3n) is 3.30. The summed E-state index contributed by atoms with van der Waals surface area (Å²) >= 11 is 0. The van der Waals surface area contributed by atoms with Crippen molar-refractivity contribution in [2.45, 2.75) is 46.3 Å². The fourth-order valence-electron chi connectivity index (χ4n) is 2.28. The van der Waals surface area contributed by atoms with Gasteiger partial charge in [-0.25, -0.2) is 14.8 Å². The van der Waals surface area contributed by atoms with E-state index in [9.17, 15) is 4.79 Å². The van der Waals surface area contributed by atoms with Gasteiger partial charge >= 0.3 is 6.09 Å². The van der Waals surface area contributed by atoms with Gasteiger partial charge in [-0.2, -0.15) is 0 Å². The summed E-state index contributed by atoms with van der Waals surface area (Å²) in [7, 11) is 0. The lowest BCUT2D eigenvalue weighted by Gasteiger charge is -2.40. The summed E-state index contributed by atoms with van der Waals surface area (Å²) in [6.07, 6.45) is 3.38. The van der Waals surface area contributed by atoms with Gasteiger partial charge in [0.1, 0.15) is 5.60 Å². The van der Waals surface area contributed by atoms with E-state index in [0.717, 1.165) is 11.5 Å². The molecule has 0 spiro atoms. The van der Waals surface area contributed by atoms with Gasteiger partial charge in [0, 0.05) is 38.1 Å². The smallest absolute Gasteiger partial charge is 0.410 e. The SMILES string of the molecule is Cc1cnc(N2CCN(C(=O)OC(C)(C)C)CC2C)nc1. The Hall–Kier alpha value is -1.85. The number of hydrogen-bond acceptors (Lipinski definition) is 5. The maximum Gasteiger partial charge on any atom is 0.410 e. The number of aromatic nitrogens is 2. The monoisotopic (exact) mass is 292 g/mol. The van der Waals surface area contributed by atoms with E-state index < -0.39 is 5.60 Å². The van der Waals surface area contributed by atoms with Crippen LogP contribution < -0.4 is 4.90 Å². The minimum atomic E-state index is -0.461. The van der Waals surface area contributed by atoms with Gasteiger partial charge in [-0.1, -0.05) is 0 Å². The van der Waals surface area contributed by atoms with E-state index >= 15 is 0 Å². The summed E-state index contributed by atoms with van der Waals surface area (Å²) < 4.78 is 5.42. The first kappa shape index (κ1) is 15.5. The number of aryl methyl sites for hydroxylation is 1. The topological polar surface area (TPSA) is 58.6 Å². The summed E-state index contributed by atoms with van der Waals surface area (Å²) in [5.74, 6) is 0.719. The molecular formula is C15H24N4O2. The molecule has 1 amide bonds. The van der Waals surface area contributed by atoms with Crippen LogP contribution in [-0.4, -0.2) is 52.2 Å². The van der Waals surface area contributed by atoms with Crippen LogP contribution in [0.3, 0.4) is 0 Å². The van der Waals surface area contributed by atoms with E-state index in [2.05, 4.69) is 21.8 Å². The van der Waals surface area contributed by atoms with E-state index in [1.165, 1.54) is 0 Å². The zero-order valence-electron chi connectivity index (χ0n) is 13.5. The molecule has 1 aliphatic rings. The van der Waals surface area contributed by atoms with Crippen LogP contribution in [0.1, 0.15) is 33.3 Å². The first-order valence-corrected chi connectivity index (χ1v) is 7.29. The normalized spacial score (nSPS) is 19.6. The molecule has 1 fully saturated rings. The van der Waals surface area contributed by atoms with Crippen molar-refractivity contribution in [3.63, 3.8) is 0 Å². The highest BCUT2D eigenvalue weighted by molar-refractivity contribution is 5.68. The Labute approximate surface area is 126 Å². The van der Waals surface area contributed by atoms with E-state index in [1.54, 1.807) is 4.90 Å². The Bertz CT molecular complexity index is 495. The van der Waals surface area contributed by atoms with Crippen LogP contribution in [0.5, 0.6) is 0 Å². The molecule has 0 aromatic carbocycles. The molecule has 1 aliphatic heterocycles. The van der Waals surface area contributed by atoms with Crippen molar-refractivity contribution in [3.05, 3.63) is 18.0 Å². The van der Waals surface area contributed by atoms with Crippen molar-refractivity contribution in [3.8, 4) is 0 Å². The summed E-state index contributed by atoms with van der Waals surface area (Å²) in [5.41, 5.74) is 0.580. The van der Waals surface area contributed by atoms with Crippen LogP contribution >= 0.6 is 0 Å². The number of carbonyl (C=O) groups excluding carboxylic acids is 1. The Morgan fingerprint density at radius 2 is 1.90 bits per heavy atom. The fraction of sp³-hybridized carbons (Fsp3) is 0.667. The molecule has 6 heteroatoms. The first-order chi connectivity index (χ1) is 9.76. The Morgan fingerprint density at radius 3 is 2.43 bits per heavy atom. The molecule has 116 valence electrons. The van der Waals surface area contributed by atoms with Gasteiger partial charge in [0.2, 0.25) is 5.95 Å². The average molecular weight is 292 g/mol. The standard InChI is InChI=1S/C15H24N4O2/c1-11-8-16-13(17-9-11)19-7-6-18(10-12(19)2)14(20)21-15(3,4)5/h8-9,12H,6-7,10H2,1-5H3. The van der Waals surface area contributed by atoms with Crippen LogP contribution in [0.2, 0.25) is 0 Å². The summed E-state index contributed by atoms with van der Waals surface area (Å²) in [6, 6.07) is 0.161. The highest BCUT2D eigenvalue weighted by Gasteiger charge is 2.30. The van der Waals surface area contributed by atoms with E-state index in [4.69, 9.17) is 4.74 Å². The van der Waals surface area contributed by atoms with Gasteiger partial charge in [-0.05, 0) is 40.2 Å². The summed E-state index contributed by atoms with van der Waals surface area (Å²) in [5, 5.41) is 0. The molecule has 0 aliphatic carbocycles. The average Bonchev–Trinajstić information content (AvgIpc) is 2.38. The second-order valence-electron chi connectivity index (χ2n) is 6.53. The number of amides is 1. The van der Waals surface area contributed by atoms with Crippen LogP contribution in [0.4, 0.5) is 10.7 Å². The zero-order chi connectivity index (χ0) is 15.6. The van der Waals surface area contributed by atoms with Crippen molar-refractivity contribution >= 4 is 12.0 Å². The molecule has 0 N–H and O–H groups in total. The molecule has 0 bridgehead atoms. The minimum absolute atomic E-state index is 0.161. The number of anilines is 1. The Morgan fingerprint density at radius 1 is 1.29 bits per heavy atom. The first-order valence-electron chi connectivity index (χ1n) is 7.29.